The molecule has 0 amide bonds. The molecule has 1 aromatic rings. The van der Waals surface area contributed by atoms with Crippen LogP contribution in [0.3, 0.4) is 0 Å². The van der Waals surface area contributed by atoms with Crippen molar-refractivity contribution in [3.05, 3.63) is 36.1 Å². The Kier molecular flexibility index (Phi) is 3.69. The zero-order chi connectivity index (χ0) is 10.5. The molecule has 0 radical (unpaired) electrons. The van der Waals surface area contributed by atoms with E-state index in [1.54, 1.807) is 11.8 Å². The van der Waals surface area contributed by atoms with Gasteiger partial charge < -0.3 is 10.1 Å². The minimum Gasteiger partial charge on any atom is -0.462 e. The fourth-order valence-corrected chi connectivity index (χ4v) is 1.90. The molecule has 0 aromatic heterocycles. The molecular weight excluding hydrogens is 206 g/mol. The first-order valence-electron chi connectivity index (χ1n) is 5.10. The number of thioether (sulfide) groups is 1. The molecule has 3 heteroatoms. The molecule has 0 aliphatic carbocycles. The van der Waals surface area contributed by atoms with Gasteiger partial charge in [0.1, 0.15) is 11.5 Å². The second kappa shape index (κ2) is 5.24. The topological polar surface area (TPSA) is 21.3 Å². The van der Waals surface area contributed by atoms with Gasteiger partial charge in [0, 0.05) is 24.4 Å². The predicted molar refractivity (Wildman–Crippen MR) is 64.4 cm³/mol. The van der Waals surface area contributed by atoms with Crippen molar-refractivity contribution in [2.24, 2.45) is 0 Å². The molecule has 1 aliphatic rings. The molecule has 15 heavy (non-hydrogen) atoms. The maximum absolute atomic E-state index is 5.77. The fourth-order valence-electron chi connectivity index (χ4n) is 1.49. The van der Waals surface area contributed by atoms with E-state index in [0.29, 0.717) is 0 Å². The Labute approximate surface area is 94.7 Å². The van der Waals surface area contributed by atoms with Crippen LogP contribution in [0.5, 0.6) is 5.75 Å². The van der Waals surface area contributed by atoms with E-state index in [2.05, 4.69) is 29.8 Å². The van der Waals surface area contributed by atoms with Crippen molar-refractivity contribution < 1.29 is 4.74 Å². The summed E-state index contributed by atoms with van der Waals surface area (Å²) in [7, 11) is 0. The van der Waals surface area contributed by atoms with Crippen molar-refractivity contribution in [1.29, 1.82) is 0 Å². The van der Waals surface area contributed by atoms with Crippen molar-refractivity contribution >= 4 is 11.8 Å². The monoisotopic (exact) mass is 221 g/mol. The molecule has 1 aromatic carbocycles. The van der Waals surface area contributed by atoms with Crippen LogP contribution in [0, 0.1) is 0 Å². The molecule has 2 rings (SSSR count). The summed E-state index contributed by atoms with van der Waals surface area (Å²) < 4.78 is 5.77. The summed E-state index contributed by atoms with van der Waals surface area (Å²) in [5.41, 5.74) is 0. The average Bonchev–Trinajstić information content (AvgIpc) is 2.31. The van der Waals surface area contributed by atoms with Gasteiger partial charge in [0.15, 0.2) is 0 Å². The van der Waals surface area contributed by atoms with Crippen LogP contribution in [0.2, 0.25) is 0 Å². The first-order chi connectivity index (χ1) is 7.38. The number of hydrogen-bond donors (Lipinski definition) is 1. The van der Waals surface area contributed by atoms with Crippen LogP contribution in [-0.4, -0.2) is 19.3 Å². The van der Waals surface area contributed by atoms with Gasteiger partial charge in [-0.05, 0) is 36.6 Å². The average molecular weight is 221 g/mol. The van der Waals surface area contributed by atoms with Crippen LogP contribution in [0.15, 0.2) is 41.0 Å². The van der Waals surface area contributed by atoms with Crippen molar-refractivity contribution in [1.82, 2.24) is 5.32 Å². The smallest absolute Gasteiger partial charge is 0.126 e. The number of nitrogens with one attached hydrogen (secondary N) is 1. The second-order valence-corrected chi connectivity index (χ2v) is 4.28. The SMILES string of the molecule is CSc1ccc(OC2=CCNCC2)cc1. The Morgan fingerprint density at radius 3 is 2.67 bits per heavy atom. The number of ether oxygens (including phenoxy) is 1. The quantitative estimate of drug-likeness (QED) is 0.793. The molecule has 1 heterocycles. The Balaban J connectivity index is 2.00. The number of benzene rings is 1. The van der Waals surface area contributed by atoms with E-state index in [4.69, 9.17) is 4.74 Å². The maximum Gasteiger partial charge on any atom is 0.126 e. The van der Waals surface area contributed by atoms with Crippen LogP contribution in [-0.2, 0) is 0 Å². The second-order valence-electron chi connectivity index (χ2n) is 3.40. The summed E-state index contributed by atoms with van der Waals surface area (Å²) in [6, 6.07) is 8.21. The van der Waals surface area contributed by atoms with Crippen molar-refractivity contribution in [2.45, 2.75) is 11.3 Å². The van der Waals surface area contributed by atoms with Gasteiger partial charge in [-0.2, -0.15) is 0 Å². The summed E-state index contributed by atoms with van der Waals surface area (Å²) in [4.78, 5) is 1.27. The minimum atomic E-state index is 0.915. The van der Waals surface area contributed by atoms with Gasteiger partial charge >= 0.3 is 0 Å². The molecule has 0 saturated carbocycles. The highest BCUT2D eigenvalue weighted by Crippen LogP contribution is 2.21. The van der Waals surface area contributed by atoms with E-state index in [1.807, 2.05) is 12.1 Å². The molecule has 0 saturated heterocycles. The first kappa shape index (κ1) is 10.6. The fraction of sp³-hybridized carbons (Fsp3) is 0.333. The third kappa shape index (κ3) is 3.01. The van der Waals surface area contributed by atoms with E-state index >= 15 is 0 Å². The Morgan fingerprint density at radius 2 is 2.07 bits per heavy atom. The van der Waals surface area contributed by atoms with Gasteiger partial charge in [0.2, 0.25) is 0 Å². The molecule has 0 fully saturated rings. The van der Waals surface area contributed by atoms with Gasteiger partial charge in [-0.3, -0.25) is 0 Å². The molecule has 0 atom stereocenters. The normalized spacial score (nSPS) is 15.9. The van der Waals surface area contributed by atoms with Gasteiger partial charge in [0.05, 0.1) is 0 Å². The largest absolute Gasteiger partial charge is 0.462 e. The van der Waals surface area contributed by atoms with Crippen molar-refractivity contribution in [3.8, 4) is 5.75 Å². The first-order valence-corrected chi connectivity index (χ1v) is 6.32. The van der Waals surface area contributed by atoms with Crippen LogP contribution in [0.4, 0.5) is 0 Å². The maximum atomic E-state index is 5.77. The van der Waals surface area contributed by atoms with Gasteiger partial charge in [0.25, 0.3) is 0 Å². The Hall–Kier alpha value is -0.930. The summed E-state index contributed by atoms with van der Waals surface area (Å²) in [6.45, 7) is 1.92. The van der Waals surface area contributed by atoms with Gasteiger partial charge in [-0.15, -0.1) is 11.8 Å². The van der Waals surface area contributed by atoms with Crippen LogP contribution >= 0.6 is 11.8 Å². The lowest BCUT2D eigenvalue weighted by Gasteiger charge is -2.15. The third-order valence-electron chi connectivity index (χ3n) is 2.33. The minimum absolute atomic E-state index is 0.915. The standard InChI is InChI=1S/C12H15NOS/c1-15-12-4-2-10(3-5-12)14-11-6-8-13-9-7-11/h2-6,13H,7-9H2,1H3. The van der Waals surface area contributed by atoms with Crippen LogP contribution in [0.1, 0.15) is 6.42 Å². The van der Waals surface area contributed by atoms with Gasteiger partial charge in [-0.1, -0.05) is 0 Å². The highest BCUT2D eigenvalue weighted by Gasteiger charge is 2.04. The van der Waals surface area contributed by atoms with E-state index in [1.165, 1.54) is 4.90 Å². The van der Waals surface area contributed by atoms with Crippen molar-refractivity contribution in [2.75, 3.05) is 19.3 Å². The highest BCUT2D eigenvalue weighted by atomic mass is 32.2. The Morgan fingerprint density at radius 1 is 1.27 bits per heavy atom. The molecule has 0 bridgehead atoms. The molecule has 1 aliphatic heterocycles. The lowest BCUT2D eigenvalue weighted by Crippen LogP contribution is -2.22. The van der Waals surface area contributed by atoms with Crippen molar-refractivity contribution in [3.63, 3.8) is 0 Å². The van der Waals surface area contributed by atoms with Crippen LogP contribution in [0.25, 0.3) is 0 Å². The summed E-state index contributed by atoms with van der Waals surface area (Å²) >= 11 is 1.74. The number of hydrogen-bond acceptors (Lipinski definition) is 3. The van der Waals surface area contributed by atoms with Crippen LogP contribution < -0.4 is 10.1 Å². The third-order valence-corrected chi connectivity index (χ3v) is 3.07. The van der Waals surface area contributed by atoms with E-state index in [0.717, 1.165) is 31.0 Å². The predicted octanol–water partition coefficient (Wildman–Crippen LogP) is 2.66. The summed E-state index contributed by atoms with van der Waals surface area (Å²) in [6.07, 6.45) is 5.15. The molecular formula is C12H15NOS. The molecule has 2 nitrogen and oxygen atoms in total. The summed E-state index contributed by atoms with van der Waals surface area (Å²) in [5.74, 6) is 2.01. The van der Waals surface area contributed by atoms with E-state index in [-0.39, 0.29) is 0 Å². The lowest BCUT2D eigenvalue weighted by atomic mass is 10.2. The van der Waals surface area contributed by atoms with E-state index in [9.17, 15) is 0 Å². The molecule has 1 N–H and O–H groups in total. The Bertz CT molecular complexity index is 345. The highest BCUT2D eigenvalue weighted by molar-refractivity contribution is 7.98. The zero-order valence-corrected chi connectivity index (χ0v) is 9.64. The lowest BCUT2D eigenvalue weighted by molar-refractivity contribution is 0.388. The molecule has 80 valence electrons. The summed E-state index contributed by atoms with van der Waals surface area (Å²) in [5, 5.41) is 3.26. The van der Waals surface area contributed by atoms with Gasteiger partial charge in [-0.25, -0.2) is 0 Å². The number of rotatable bonds is 3. The van der Waals surface area contributed by atoms with E-state index < -0.39 is 0 Å². The zero-order valence-electron chi connectivity index (χ0n) is 8.82. The molecule has 0 unspecified atom stereocenters. The molecule has 0 spiro atoms.